The van der Waals surface area contributed by atoms with E-state index in [0.717, 1.165) is 26.2 Å². The third kappa shape index (κ3) is 8.00. The number of hydrogen-bond donors (Lipinski definition) is 1. The SMILES string of the molecule is CC(C)CN(CC(C)C)C(=O)CN1CCOC(CN)C1.Cl. The van der Waals surface area contributed by atoms with Crippen molar-refractivity contribution in [3.63, 3.8) is 0 Å². The minimum Gasteiger partial charge on any atom is -0.374 e. The summed E-state index contributed by atoms with van der Waals surface area (Å²) in [6, 6.07) is 0. The Kier molecular flexibility index (Phi) is 10.2. The van der Waals surface area contributed by atoms with Gasteiger partial charge in [0.05, 0.1) is 19.3 Å². The van der Waals surface area contributed by atoms with Gasteiger partial charge in [-0.3, -0.25) is 9.69 Å². The van der Waals surface area contributed by atoms with Gasteiger partial charge in [-0.05, 0) is 11.8 Å². The second-order valence-corrected chi connectivity index (χ2v) is 6.55. The second-order valence-electron chi connectivity index (χ2n) is 6.55. The normalized spacial score (nSPS) is 19.7. The summed E-state index contributed by atoms with van der Waals surface area (Å²) in [5, 5.41) is 0. The van der Waals surface area contributed by atoms with Crippen molar-refractivity contribution in [3.8, 4) is 0 Å². The molecule has 1 amide bonds. The van der Waals surface area contributed by atoms with Crippen LogP contribution in [0.3, 0.4) is 0 Å². The number of amides is 1. The lowest BCUT2D eigenvalue weighted by Gasteiger charge is -2.34. The van der Waals surface area contributed by atoms with Gasteiger partial charge in [0.1, 0.15) is 0 Å². The van der Waals surface area contributed by atoms with Crippen molar-refractivity contribution in [2.45, 2.75) is 33.8 Å². The number of nitrogens with two attached hydrogens (primary N) is 1. The van der Waals surface area contributed by atoms with Crippen LogP contribution in [0, 0.1) is 11.8 Å². The molecule has 0 aromatic carbocycles. The van der Waals surface area contributed by atoms with Crippen LogP contribution in [0.15, 0.2) is 0 Å². The van der Waals surface area contributed by atoms with E-state index in [1.165, 1.54) is 0 Å². The number of nitrogens with zero attached hydrogens (tertiary/aromatic N) is 2. The molecular formula is C15H32ClN3O2. The molecule has 1 aliphatic rings. The molecule has 2 N–H and O–H groups in total. The quantitative estimate of drug-likeness (QED) is 0.765. The van der Waals surface area contributed by atoms with Crippen molar-refractivity contribution in [2.75, 3.05) is 45.9 Å². The van der Waals surface area contributed by atoms with Gasteiger partial charge >= 0.3 is 0 Å². The number of hydrogen-bond acceptors (Lipinski definition) is 4. The maximum atomic E-state index is 12.5. The van der Waals surface area contributed by atoms with Crippen LogP contribution in [0.1, 0.15) is 27.7 Å². The highest BCUT2D eigenvalue weighted by Crippen LogP contribution is 2.08. The third-order valence-corrected chi connectivity index (χ3v) is 3.37. The summed E-state index contributed by atoms with van der Waals surface area (Å²) in [5.74, 6) is 1.23. The Bertz CT molecular complexity index is 291. The Morgan fingerprint density at radius 1 is 1.29 bits per heavy atom. The van der Waals surface area contributed by atoms with E-state index < -0.39 is 0 Å². The summed E-state index contributed by atoms with van der Waals surface area (Å²) in [6.07, 6.45) is 0.0696. The number of carbonyl (C=O) groups excluding carboxylic acids is 1. The van der Waals surface area contributed by atoms with Crippen LogP contribution in [0.4, 0.5) is 0 Å². The Morgan fingerprint density at radius 3 is 2.33 bits per heavy atom. The van der Waals surface area contributed by atoms with Crippen LogP contribution in [0.25, 0.3) is 0 Å². The fraction of sp³-hybridized carbons (Fsp3) is 0.933. The molecule has 6 heteroatoms. The topological polar surface area (TPSA) is 58.8 Å². The Morgan fingerprint density at radius 2 is 1.86 bits per heavy atom. The summed E-state index contributed by atoms with van der Waals surface area (Å²) in [7, 11) is 0. The lowest BCUT2D eigenvalue weighted by atomic mass is 10.1. The smallest absolute Gasteiger partial charge is 0.236 e. The summed E-state index contributed by atoms with van der Waals surface area (Å²) in [4.78, 5) is 16.7. The van der Waals surface area contributed by atoms with E-state index in [1.54, 1.807) is 0 Å². The third-order valence-electron chi connectivity index (χ3n) is 3.37. The Labute approximate surface area is 135 Å². The average molecular weight is 322 g/mol. The van der Waals surface area contributed by atoms with Crippen LogP contribution in [-0.2, 0) is 9.53 Å². The van der Waals surface area contributed by atoms with Crippen LogP contribution in [-0.4, -0.2) is 67.7 Å². The molecule has 0 spiro atoms. The number of halogens is 1. The molecule has 1 fully saturated rings. The highest BCUT2D eigenvalue weighted by molar-refractivity contribution is 5.85. The first-order chi connectivity index (χ1) is 9.42. The van der Waals surface area contributed by atoms with Gasteiger partial charge in [-0.15, -0.1) is 12.4 Å². The molecule has 1 saturated heterocycles. The van der Waals surface area contributed by atoms with Gasteiger partial charge in [0.25, 0.3) is 0 Å². The first kappa shape index (κ1) is 20.6. The molecule has 1 heterocycles. The predicted molar refractivity (Wildman–Crippen MR) is 88.7 cm³/mol. The molecule has 1 aliphatic heterocycles. The molecule has 0 bridgehead atoms. The number of morpholine rings is 1. The van der Waals surface area contributed by atoms with Gasteiger partial charge in [0.15, 0.2) is 0 Å². The molecule has 0 aliphatic carbocycles. The zero-order valence-electron chi connectivity index (χ0n) is 13.9. The van der Waals surface area contributed by atoms with Crippen molar-refractivity contribution in [3.05, 3.63) is 0 Å². The molecule has 21 heavy (non-hydrogen) atoms. The zero-order chi connectivity index (χ0) is 15.1. The summed E-state index contributed by atoms with van der Waals surface area (Å²) >= 11 is 0. The van der Waals surface area contributed by atoms with Gasteiger partial charge in [0, 0.05) is 32.7 Å². The zero-order valence-corrected chi connectivity index (χ0v) is 14.7. The predicted octanol–water partition coefficient (Wildman–Crippen LogP) is 1.21. The van der Waals surface area contributed by atoms with E-state index in [1.807, 2.05) is 4.90 Å². The molecule has 0 saturated carbocycles. The minimum atomic E-state index is 0. The maximum absolute atomic E-state index is 12.5. The number of rotatable bonds is 7. The van der Waals surface area contributed by atoms with E-state index in [-0.39, 0.29) is 24.4 Å². The minimum absolute atomic E-state index is 0. The molecule has 1 rings (SSSR count). The highest BCUT2D eigenvalue weighted by atomic mass is 35.5. The maximum Gasteiger partial charge on any atom is 0.236 e. The van der Waals surface area contributed by atoms with Gasteiger partial charge in [-0.25, -0.2) is 0 Å². The van der Waals surface area contributed by atoms with E-state index in [9.17, 15) is 4.79 Å². The summed E-state index contributed by atoms with van der Waals surface area (Å²) < 4.78 is 5.54. The van der Waals surface area contributed by atoms with E-state index in [4.69, 9.17) is 10.5 Å². The fourth-order valence-corrected chi connectivity index (χ4v) is 2.52. The lowest BCUT2D eigenvalue weighted by Crippen LogP contribution is -2.50. The molecule has 126 valence electrons. The first-order valence-corrected chi connectivity index (χ1v) is 7.74. The molecule has 0 aromatic heterocycles. The van der Waals surface area contributed by atoms with E-state index in [2.05, 4.69) is 32.6 Å². The summed E-state index contributed by atoms with van der Waals surface area (Å²) in [5.41, 5.74) is 5.64. The monoisotopic (exact) mass is 321 g/mol. The lowest BCUT2D eigenvalue weighted by molar-refractivity contribution is -0.135. The molecule has 1 unspecified atom stereocenters. The van der Waals surface area contributed by atoms with Crippen LogP contribution >= 0.6 is 12.4 Å². The van der Waals surface area contributed by atoms with Gasteiger partial charge < -0.3 is 15.4 Å². The Balaban J connectivity index is 0.00000400. The van der Waals surface area contributed by atoms with Crippen molar-refractivity contribution < 1.29 is 9.53 Å². The largest absolute Gasteiger partial charge is 0.374 e. The van der Waals surface area contributed by atoms with Crippen LogP contribution in [0.2, 0.25) is 0 Å². The van der Waals surface area contributed by atoms with Crippen molar-refractivity contribution in [1.29, 1.82) is 0 Å². The first-order valence-electron chi connectivity index (χ1n) is 7.74. The van der Waals surface area contributed by atoms with Crippen LogP contribution < -0.4 is 5.73 Å². The molecule has 0 aromatic rings. The Hall–Kier alpha value is -0.360. The van der Waals surface area contributed by atoms with Gasteiger partial charge in [-0.2, -0.15) is 0 Å². The van der Waals surface area contributed by atoms with E-state index in [0.29, 0.717) is 31.5 Å². The standard InChI is InChI=1S/C15H31N3O2.ClH/c1-12(2)8-18(9-13(3)4)15(19)11-17-5-6-20-14(7-16)10-17;/h12-14H,5-11,16H2,1-4H3;1H. The number of ether oxygens (including phenoxy) is 1. The van der Waals surface area contributed by atoms with Crippen molar-refractivity contribution in [1.82, 2.24) is 9.80 Å². The molecule has 0 radical (unpaired) electrons. The second kappa shape index (κ2) is 10.4. The highest BCUT2D eigenvalue weighted by Gasteiger charge is 2.24. The summed E-state index contributed by atoms with van der Waals surface area (Å²) in [6.45, 7) is 13.5. The molecular weight excluding hydrogens is 290 g/mol. The van der Waals surface area contributed by atoms with E-state index >= 15 is 0 Å². The fourth-order valence-electron chi connectivity index (χ4n) is 2.52. The number of carbonyl (C=O) groups is 1. The van der Waals surface area contributed by atoms with Crippen LogP contribution in [0.5, 0.6) is 0 Å². The molecule has 5 nitrogen and oxygen atoms in total. The van der Waals surface area contributed by atoms with Gasteiger partial charge in [0.2, 0.25) is 5.91 Å². The molecule has 1 atom stereocenters. The van der Waals surface area contributed by atoms with Crippen molar-refractivity contribution in [2.24, 2.45) is 17.6 Å². The van der Waals surface area contributed by atoms with Gasteiger partial charge in [-0.1, -0.05) is 27.7 Å². The van der Waals surface area contributed by atoms with Crippen molar-refractivity contribution >= 4 is 18.3 Å². The average Bonchev–Trinajstić information content (AvgIpc) is 2.37.